The first-order valence-electron chi connectivity index (χ1n) is 14.1. The van der Waals surface area contributed by atoms with E-state index in [1.165, 1.54) is 89.9 Å². The van der Waals surface area contributed by atoms with Gasteiger partial charge in [-0.25, -0.2) is 0 Å². The molecule has 32 heavy (non-hydrogen) atoms. The number of piperidine rings is 2. The Morgan fingerprint density at radius 3 is 1.22 bits per heavy atom. The Labute approximate surface area is 197 Å². The number of hydrogen-bond donors (Lipinski definition) is 2. The second kappa shape index (κ2) is 12.3. The van der Waals surface area contributed by atoms with Crippen molar-refractivity contribution in [1.29, 1.82) is 0 Å². The Balaban J connectivity index is 1.16. The zero-order valence-corrected chi connectivity index (χ0v) is 21.0. The van der Waals surface area contributed by atoms with E-state index >= 15 is 0 Å². The average molecular weight is 447 g/mol. The summed E-state index contributed by atoms with van der Waals surface area (Å²) in [7, 11) is 0. The fourth-order valence-corrected chi connectivity index (χ4v) is 6.82. The number of rotatable bonds is 8. The van der Waals surface area contributed by atoms with Gasteiger partial charge in [0.1, 0.15) is 0 Å². The molecule has 0 aromatic heterocycles. The Morgan fingerprint density at radius 1 is 0.562 bits per heavy atom. The number of carbonyl (C=O) groups is 1. The molecule has 2 heterocycles. The van der Waals surface area contributed by atoms with E-state index in [-0.39, 0.29) is 12.1 Å². The number of carbonyl (C=O) groups excluding carboxylic acids is 1. The molecule has 4 rings (SSSR count). The minimum Gasteiger partial charge on any atom is -0.311 e. The predicted octanol–water partition coefficient (Wildman–Crippen LogP) is 4.11. The van der Waals surface area contributed by atoms with Crippen molar-refractivity contribution in [2.75, 3.05) is 26.2 Å². The van der Waals surface area contributed by atoms with Crippen LogP contribution >= 0.6 is 0 Å². The minimum atomic E-state index is 0.0544. The fourth-order valence-electron chi connectivity index (χ4n) is 6.82. The van der Waals surface area contributed by atoms with Crippen LogP contribution in [0.3, 0.4) is 0 Å². The van der Waals surface area contributed by atoms with Crippen LogP contribution in [0.25, 0.3) is 0 Å². The topological polar surface area (TPSA) is 47.6 Å². The molecule has 0 radical (unpaired) electrons. The highest BCUT2D eigenvalue weighted by molar-refractivity contribution is 5.88. The molecule has 4 aliphatic rings. The van der Waals surface area contributed by atoms with Crippen molar-refractivity contribution >= 4 is 5.78 Å². The molecule has 0 amide bonds. The van der Waals surface area contributed by atoms with Gasteiger partial charge in [-0.1, -0.05) is 38.5 Å². The fraction of sp³-hybridized carbons (Fsp3) is 0.963. The molecule has 2 aliphatic carbocycles. The molecule has 0 aromatic carbocycles. The lowest BCUT2D eigenvalue weighted by Gasteiger charge is -2.41. The van der Waals surface area contributed by atoms with Crippen LogP contribution in [0.1, 0.15) is 104 Å². The number of likely N-dealkylation sites (tertiary alicyclic amines) is 2. The van der Waals surface area contributed by atoms with E-state index in [0.717, 1.165) is 38.3 Å². The highest BCUT2D eigenvalue weighted by atomic mass is 16.1. The molecular weight excluding hydrogens is 396 g/mol. The van der Waals surface area contributed by atoms with Crippen molar-refractivity contribution in [3.63, 3.8) is 0 Å². The molecule has 2 aliphatic heterocycles. The summed E-state index contributed by atoms with van der Waals surface area (Å²) < 4.78 is 0. The molecule has 2 N–H and O–H groups in total. The Hall–Kier alpha value is -0.490. The lowest BCUT2D eigenvalue weighted by Crippen LogP contribution is -2.55. The zero-order chi connectivity index (χ0) is 22.3. The third kappa shape index (κ3) is 6.77. The molecule has 5 heteroatoms. The summed E-state index contributed by atoms with van der Waals surface area (Å²) in [6.07, 6.45) is 18.6. The van der Waals surface area contributed by atoms with Crippen molar-refractivity contribution < 1.29 is 4.79 Å². The first-order chi connectivity index (χ1) is 15.6. The summed E-state index contributed by atoms with van der Waals surface area (Å²) in [4.78, 5) is 18.2. The average Bonchev–Trinajstić information content (AvgIpc) is 2.85. The molecule has 0 aromatic rings. The summed E-state index contributed by atoms with van der Waals surface area (Å²) >= 11 is 0. The third-order valence-electron chi connectivity index (χ3n) is 9.13. The van der Waals surface area contributed by atoms with Crippen molar-refractivity contribution in [1.82, 2.24) is 20.4 Å². The lowest BCUT2D eigenvalue weighted by atomic mass is 9.92. The summed E-state index contributed by atoms with van der Waals surface area (Å²) in [6.45, 7) is 8.58. The quantitative estimate of drug-likeness (QED) is 0.588. The van der Waals surface area contributed by atoms with Crippen LogP contribution in [-0.4, -0.2) is 78.0 Å². The van der Waals surface area contributed by atoms with Crippen LogP contribution < -0.4 is 10.6 Å². The van der Waals surface area contributed by atoms with E-state index in [4.69, 9.17) is 0 Å². The van der Waals surface area contributed by atoms with Crippen LogP contribution in [0.5, 0.6) is 0 Å². The van der Waals surface area contributed by atoms with Crippen molar-refractivity contribution in [2.45, 2.75) is 140 Å². The summed E-state index contributed by atoms with van der Waals surface area (Å²) in [5.74, 6) is 0.433. The smallest absolute Gasteiger partial charge is 0.166 e. The molecule has 0 bridgehead atoms. The van der Waals surface area contributed by atoms with Gasteiger partial charge in [-0.3, -0.25) is 14.6 Å². The van der Waals surface area contributed by atoms with Crippen LogP contribution in [0.4, 0.5) is 0 Å². The van der Waals surface area contributed by atoms with Crippen molar-refractivity contribution in [3.05, 3.63) is 0 Å². The van der Waals surface area contributed by atoms with Gasteiger partial charge in [-0.05, 0) is 65.2 Å². The van der Waals surface area contributed by atoms with Gasteiger partial charge in [-0.15, -0.1) is 0 Å². The van der Waals surface area contributed by atoms with Crippen LogP contribution in [0.2, 0.25) is 0 Å². The molecule has 2 unspecified atom stereocenters. The SMILES string of the molecule is CC(C(=O)C(C)N1CCC(NC2CCCCC2)CC1)N1CCC(NC2CCCCC2)CC1. The minimum absolute atomic E-state index is 0.0544. The Bertz CT molecular complexity index is 508. The molecule has 184 valence electrons. The zero-order valence-electron chi connectivity index (χ0n) is 21.0. The van der Waals surface area contributed by atoms with E-state index in [2.05, 4.69) is 34.3 Å². The number of Topliss-reactive ketones (excluding diaryl/α,β-unsaturated/α-hetero) is 1. The van der Waals surface area contributed by atoms with Crippen molar-refractivity contribution in [3.8, 4) is 0 Å². The molecule has 2 saturated heterocycles. The van der Waals surface area contributed by atoms with Gasteiger partial charge in [0.2, 0.25) is 0 Å². The second-order valence-corrected chi connectivity index (χ2v) is 11.4. The second-order valence-electron chi connectivity index (χ2n) is 11.4. The third-order valence-corrected chi connectivity index (χ3v) is 9.13. The monoisotopic (exact) mass is 446 g/mol. The van der Waals surface area contributed by atoms with Gasteiger partial charge in [0.15, 0.2) is 5.78 Å². The van der Waals surface area contributed by atoms with E-state index < -0.39 is 0 Å². The van der Waals surface area contributed by atoms with Gasteiger partial charge in [-0.2, -0.15) is 0 Å². The van der Waals surface area contributed by atoms with Gasteiger partial charge in [0.05, 0.1) is 12.1 Å². The molecule has 2 saturated carbocycles. The molecule has 0 spiro atoms. The van der Waals surface area contributed by atoms with Crippen LogP contribution in [0.15, 0.2) is 0 Å². The first-order valence-corrected chi connectivity index (χ1v) is 14.1. The standard InChI is InChI=1S/C27H50N4O/c1-21(30-17-13-25(14-18-30)28-23-9-5-3-6-10-23)27(32)22(2)31-19-15-26(16-20-31)29-24-11-7-4-8-12-24/h21-26,28-29H,3-20H2,1-2H3. The van der Waals surface area contributed by atoms with E-state index in [1.807, 2.05) is 0 Å². The normalized spacial score (nSPS) is 28.6. The maximum atomic E-state index is 13.3. The lowest BCUT2D eigenvalue weighted by molar-refractivity contribution is -0.129. The van der Waals surface area contributed by atoms with Gasteiger partial charge in [0.25, 0.3) is 0 Å². The van der Waals surface area contributed by atoms with Crippen LogP contribution in [0, 0.1) is 0 Å². The predicted molar refractivity (Wildman–Crippen MR) is 133 cm³/mol. The number of nitrogens with one attached hydrogen (secondary N) is 2. The molecule has 2 atom stereocenters. The highest BCUT2D eigenvalue weighted by Crippen LogP contribution is 2.23. The van der Waals surface area contributed by atoms with Gasteiger partial charge in [0, 0.05) is 50.3 Å². The number of hydrogen-bond acceptors (Lipinski definition) is 5. The Morgan fingerprint density at radius 2 is 0.875 bits per heavy atom. The largest absolute Gasteiger partial charge is 0.311 e. The van der Waals surface area contributed by atoms with Crippen LogP contribution in [-0.2, 0) is 4.79 Å². The van der Waals surface area contributed by atoms with E-state index in [1.54, 1.807) is 0 Å². The number of nitrogens with zero attached hydrogens (tertiary/aromatic N) is 2. The van der Waals surface area contributed by atoms with Gasteiger partial charge >= 0.3 is 0 Å². The molecule has 5 nitrogen and oxygen atoms in total. The number of ketones is 1. The highest BCUT2D eigenvalue weighted by Gasteiger charge is 2.33. The molecule has 4 fully saturated rings. The maximum absolute atomic E-state index is 13.3. The first kappa shape index (κ1) is 24.6. The maximum Gasteiger partial charge on any atom is 0.166 e. The summed E-state index contributed by atoms with van der Waals surface area (Å²) in [5.41, 5.74) is 0. The van der Waals surface area contributed by atoms with E-state index in [9.17, 15) is 4.79 Å². The Kier molecular flexibility index (Phi) is 9.45. The van der Waals surface area contributed by atoms with Gasteiger partial charge < -0.3 is 10.6 Å². The van der Waals surface area contributed by atoms with Crippen molar-refractivity contribution in [2.24, 2.45) is 0 Å². The summed E-state index contributed by atoms with van der Waals surface area (Å²) in [5, 5.41) is 7.86. The molecular formula is C27H50N4O. The summed E-state index contributed by atoms with van der Waals surface area (Å²) in [6, 6.07) is 2.91. The van der Waals surface area contributed by atoms with E-state index in [0.29, 0.717) is 17.9 Å².